The van der Waals surface area contributed by atoms with Crippen LogP contribution in [0, 0.1) is 5.92 Å². The first-order chi connectivity index (χ1) is 16.2. The molecule has 192 valence electrons. The van der Waals surface area contributed by atoms with Gasteiger partial charge in [-0.1, -0.05) is 0 Å². The highest BCUT2D eigenvalue weighted by Crippen LogP contribution is 2.28. The minimum absolute atomic E-state index is 0.0182. The van der Waals surface area contributed by atoms with E-state index in [1.807, 2.05) is 0 Å². The highest BCUT2D eigenvalue weighted by atomic mass is 19.4. The zero-order chi connectivity index (χ0) is 24.3. The van der Waals surface area contributed by atoms with Crippen LogP contribution in [0.1, 0.15) is 18.5 Å². The van der Waals surface area contributed by atoms with Gasteiger partial charge in [0.25, 0.3) is 0 Å². The number of aromatic nitrogens is 2. The van der Waals surface area contributed by atoms with Gasteiger partial charge in [0, 0.05) is 52.4 Å². The van der Waals surface area contributed by atoms with Gasteiger partial charge in [0.15, 0.2) is 5.69 Å². The summed E-state index contributed by atoms with van der Waals surface area (Å²) in [6, 6.07) is -0.814. The maximum atomic E-state index is 12.9. The number of nitrogens with one attached hydrogen (secondary N) is 1. The Morgan fingerprint density at radius 1 is 0.971 bits per heavy atom. The van der Waals surface area contributed by atoms with Crippen molar-refractivity contribution in [2.24, 2.45) is 5.92 Å². The summed E-state index contributed by atoms with van der Waals surface area (Å²) in [5.41, 5.74) is -1.14. The molecule has 0 spiro atoms. The van der Waals surface area contributed by atoms with Gasteiger partial charge >= 0.3 is 6.18 Å². The molecule has 1 aromatic rings. The zero-order valence-electron chi connectivity index (χ0n) is 18.9. The fraction of sp³-hybridized carbons (Fsp3) is 0.810. The van der Waals surface area contributed by atoms with Gasteiger partial charge < -0.3 is 30.4 Å². The Balaban J connectivity index is 1.22. The Kier molecular flexibility index (Phi) is 8.23. The summed E-state index contributed by atoms with van der Waals surface area (Å²) in [6.45, 7) is 6.41. The number of alkyl halides is 3. The van der Waals surface area contributed by atoms with E-state index in [0.29, 0.717) is 18.7 Å². The van der Waals surface area contributed by atoms with Crippen molar-refractivity contribution >= 4 is 5.82 Å². The van der Waals surface area contributed by atoms with Gasteiger partial charge in [-0.05, 0) is 18.8 Å². The van der Waals surface area contributed by atoms with Crippen LogP contribution in [0.25, 0.3) is 0 Å². The average Bonchev–Trinajstić information content (AvgIpc) is 2.81. The SMILES string of the molecule is O[C@@H]1[C@H](O)[C@@H](Nc2cncc(C(F)(F)F)n2)CO[C@@H]1CN1CCN(CC2CCN(O)CC2)CC1. The van der Waals surface area contributed by atoms with Crippen LogP contribution in [0.3, 0.4) is 0 Å². The fourth-order valence-corrected chi connectivity index (χ4v) is 4.81. The van der Waals surface area contributed by atoms with Gasteiger partial charge in [-0.15, -0.1) is 0 Å². The average molecular weight is 491 g/mol. The second-order valence-corrected chi connectivity index (χ2v) is 9.39. The predicted molar refractivity (Wildman–Crippen MR) is 115 cm³/mol. The van der Waals surface area contributed by atoms with E-state index in [1.54, 1.807) is 0 Å². The largest absolute Gasteiger partial charge is 0.434 e. The van der Waals surface area contributed by atoms with E-state index in [-0.39, 0.29) is 12.4 Å². The minimum atomic E-state index is -4.63. The fourth-order valence-electron chi connectivity index (χ4n) is 4.81. The molecule has 0 saturated carbocycles. The molecule has 3 saturated heterocycles. The second kappa shape index (κ2) is 11.0. The van der Waals surface area contributed by atoms with Crippen LogP contribution < -0.4 is 5.32 Å². The third kappa shape index (κ3) is 6.53. The molecule has 0 aliphatic carbocycles. The molecule has 34 heavy (non-hydrogen) atoms. The monoisotopic (exact) mass is 490 g/mol. The number of aliphatic hydroxyl groups excluding tert-OH is 2. The maximum absolute atomic E-state index is 12.9. The summed E-state index contributed by atoms with van der Waals surface area (Å²) in [5.74, 6) is 0.452. The Morgan fingerprint density at radius 2 is 1.62 bits per heavy atom. The lowest BCUT2D eigenvalue weighted by Crippen LogP contribution is -2.59. The molecule has 10 nitrogen and oxygen atoms in total. The molecule has 13 heteroatoms. The standard InChI is InChI=1S/C21H33F3N6O4/c22-21(23,24)17-9-25-10-18(27-17)26-15-13-34-16(20(32)19(15)31)12-29-7-5-28(6-8-29)11-14-1-3-30(33)4-2-14/h9-10,14-16,19-20,31-33H,1-8,11-13H2,(H,26,27)/t15-,16+,19+,20-/m0/s1. The van der Waals surface area contributed by atoms with Crippen LogP contribution in [0.2, 0.25) is 0 Å². The molecule has 0 aromatic carbocycles. The number of piperidine rings is 1. The lowest BCUT2D eigenvalue weighted by atomic mass is 9.96. The van der Waals surface area contributed by atoms with Crippen LogP contribution in [0.15, 0.2) is 12.4 Å². The van der Waals surface area contributed by atoms with E-state index in [0.717, 1.165) is 64.9 Å². The van der Waals surface area contributed by atoms with Crippen molar-refractivity contribution in [1.29, 1.82) is 0 Å². The zero-order valence-corrected chi connectivity index (χ0v) is 18.9. The lowest BCUT2D eigenvalue weighted by molar-refractivity contribution is -0.148. The van der Waals surface area contributed by atoms with E-state index in [2.05, 4.69) is 25.1 Å². The molecular weight excluding hydrogens is 457 g/mol. The number of halogens is 3. The van der Waals surface area contributed by atoms with Crippen molar-refractivity contribution in [3.8, 4) is 0 Å². The van der Waals surface area contributed by atoms with Gasteiger partial charge in [0.2, 0.25) is 0 Å². The molecule has 3 aliphatic heterocycles. The molecule has 3 fully saturated rings. The predicted octanol–water partition coefficient (Wildman–Crippen LogP) is 0.115. The van der Waals surface area contributed by atoms with Crippen molar-refractivity contribution < 1.29 is 33.3 Å². The quantitative estimate of drug-likeness (QED) is 0.438. The van der Waals surface area contributed by atoms with Gasteiger partial charge in [-0.25, -0.2) is 4.98 Å². The van der Waals surface area contributed by atoms with E-state index < -0.39 is 36.2 Å². The number of hydroxylamine groups is 2. The molecule has 4 N–H and O–H groups in total. The molecule has 0 amide bonds. The Morgan fingerprint density at radius 3 is 2.26 bits per heavy atom. The van der Waals surface area contributed by atoms with Crippen molar-refractivity contribution in [2.75, 3.05) is 64.3 Å². The van der Waals surface area contributed by atoms with Crippen molar-refractivity contribution in [1.82, 2.24) is 24.8 Å². The van der Waals surface area contributed by atoms with E-state index in [9.17, 15) is 28.6 Å². The normalized spacial score (nSPS) is 31.0. The Hall–Kier alpha value is -1.61. The smallest absolute Gasteiger partial charge is 0.388 e. The highest BCUT2D eigenvalue weighted by Gasteiger charge is 2.40. The molecule has 4 heterocycles. The molecule has 0 radical (unpaired) electrons. The first-order valence-corrected chi connectivity index (χ1v) is 11.7. The Labute approximate surface area is 196 Å². The summed E-state index contributed by atoms with van der Waals surface area (Å²) in [4.78, 5) is 11.7. The minimum Gasteiger partial charge on any atom is -0.388 e. The number of hydrogen-bond donors (Lipinski definition) is 4. The van der Waals surface area contributed by atoms with Crippen molar-refractivity contribution in [3.05, 3.63) is 18.1 Å². The molecule has 4 atom stereocenters. The topological polar surface area (TPSA) is 117 Å². The van der Waals surface area contributed by atoms with Gasteiger partial charge in [-0.2, -0.15) is 18.2 Å². The van der Waals surface area contributed by atoms with Gasteiger partial charge in [-0.3, -0.25) is 9.88 Å². The molecule has 0 bridgehead atoms. The number of aliphatic hydroxyl groups is 2. The molecular formula is C21H33F3N6O4. The number of piperazine rings is 1. The highest BCUT2D eigenvalue weighted by molar-refractivity contribution is 5.34. The van der Waals surface area contributed by atoms with E-state index in [1.165, 1.54) is 5.06 Å². The number of rotatable bonds is 6. The molecule has 0 unspecified atom stereocenters. The molecule has 4 rings (SSSR count). The molecule has 3 aliphatic rings. The van der Waals surface area contributed by atoms with Crippen LogP contribution in [-0.2, 0) is 10.9 Å². The summed E-state index contributed by atoms with van der Waals surface area (Å²) >= 11 is 0. The first kappa shape index (κ1) is 25.5. The number of ether oxygens (including phenoxy) is 1. The summed E-state index contributed by atoms with van der Waals surface area (Å²) in [6.07, 6.45) is -3.89. The van der Waals surface area contributed by atoms with E-state index >= 15 is 0 Å². The second-order valence-electron chi connectivity index (χ2n) is 9.39. The van der Waals surface area contributed by atoms with Gasteiger partial charge in [0.1, 0.15) is 18.0 Å². The summed E-state index contributed by atoms with van der Waals surface area (Å²) in [7, 11) is 0. The summed E-state index contributed by atoms with van der Waals surface area (Å²) < 4.78 is 44.3. The van der Waals surface area contributed by atoms with Crippen molar-refractivity contribution in [2.45, 2.75) is 43.4 Å². The Bertz CT molecular complexity index is 790. The maximum Gasteiger partial charge on any atom is 0.434 e. The summed E-state index contributed by atoms with van der Waals surface area (Å²) in [5, 5.41) is 34.7. The third-order valence-corrected chi connectivity index (χ3v) is 6.90. The first-order valence-electron chi connectivity index (χ1n) is 11.7. The number of anilines is 1. The van der Waals surface area contributed by atoms with Crippen molar-refractivity contribution in [3.63, 3.8) is 0 Å². The van der Waals surface area contributed by atoms with E-state index in [4.69, 9.17) is 4.74 Å². The number of hydrogen-bond acceptors (Lipinski definition) is 10. The third-order valence-electron chi connectivity index (χ3n) is 6.90. The van der Waals surface area contributed by atoms with Crippen LogP contribution in [0.5, 0.6) is 0 Å². The van der Waals surface area contributed by atoms with Crippen LogP contribution in [-0.4, -0.2) is 124 Å². The van der Waals surface area contributed by atoms with Crippen LogP contribution in [0.4, 0.5) is 19.0 Å². The van der Waals surface area contributed by atoms with Gasteiger partial charge in [0.05, 0.1) is 31.1 Å². The lowest BCUT2D eigenvalue weighted by Gasteiger charge is -2.42. The number of nitrogens with zero attached hydrogens (tertiary/aromatic N) is 5. The van der Waals surface area contributed by atoms with Crippen LogP contribution >= 0.6 is 0 Å². The molecule has 1 aromatic heterocycles.